The highest BCUT2D eigenvalue weighted by Crippen LogP contribution is 2.34. The molecule has 3 aromatic rings. The lowest BCUT2D eigenvalue weighted by Crippen LogP contribution is -2.01. The molecule has 0 fully saturated rings. The molecular weight excluding hydrogens is 305 g/mol. The number of methoxy groups -OCH3 is 1. The van der Waals surface area contributed by atoms with E-state index in [1.165, 1.54) is 19.2 Å². The molecule has 0 bridgehead atoms. The topological polar surface area (TPSA) is 39.2 Å². The fourth-order valence-corrected chi connectivity index (χ4v) is 2.58. The van der Waals surface area contributed by atoms with Gasteiger partial charge in [-0.3, -0.25) is 4.98 Å². The molecule has 2 aromatic carbocycles. The second-order valence-electron chi connectivity index (χ2n) is 4.71. The number of aromatic nitrogens is 1. The van der Waals surface area contributed by atoms with Crippen molar-refractivity contribution in [2.75, 3.05) is 7.11 Å². The Hall–Kier alpha value is -2.46. The van der Waals surface area contributed by atoms with Gasteiger partial charge >= 0.3 is 5.97 Å². The summed E-state index contributed by atoms with van der Waals surface area (Å²) in [6.45, 7) is 0. The summed E-state index contributed by atoms with van der Waals surface area (Å²) < 4.78 is 17.9. The van der Waals surface area contributed by atoms with Crippen molar-refractivity contribution in [1.29, 1.82) is 0 Å². The Morgan fingerprint density at radius 2 is 1.91 bits per heavy atom. The summed E-state index contributed by atoms with van der Waals surface area (Å²) in [5.41, 5.74) is 2.55. The van der Waals surface area contributed by atoms with Gasteiger partial charge in [0.25, 0.3) is 0 Å². The van der Waals surface area contributed by atoms with Crippen LogP contribution in [0, 0.1) is 5.82 Å². The molecule has 0 amide bonds. The number of halogens is 2. The maximum absolute atomic E-state index is 13.1. The quantitative estimate of drug-likeness (QED) is 0.654. The first-order valence-corrected chi connectivity index (χ1v) is 6.90. The summed E-state index contributed by atoms with van der Waals surface area (Å²) in [7, 11) is 1.32. The van der Waals surface area contributed by atoms with E-state index >= 15 is 0 Å². The van der Waals surface area contributed by atoms with Gasteiger partial charge in [0, 0.05) is 17.1 Å². The first kappa shape index (κ1) is 14.5. The summed E-state index contributed by atoms with van der Waals surface area (Å²) in [6, 6.07) is 11.1. The fourth-order valence-electron chi connectivity index (χ4n) is 2.32. The summed E-state index contributed by atoms with van der Waals surface area (Å²) in [5.74, 6) is -0.764. The molecular formula is C17H11ClFNO2. The number of fused-ring (bicyclic) bond motifs is 1. The van der Waals surface area contributed by atoms with E-state index in [1.807, 2.05) is 0 Å². The molecule has 22 heavy (non-hydrogen) atoms. The normalized spacial score (nSPS) is 10.7. The SMILES string of the molecule is COC(=O)c1ccc2ncc(Cl)c(-c3ccc(F)cc3)c2c1. The van der Waals surface area contributed by atoms with Gasteiger partial charge in [-0.05, 0) is 35.9 Å². The average Bonchev–Trinajstić information content (AvgIpc) is 2.54. The predicted molar refractivity (Wildman–Crippen MR) is 83.5 cm³/mol. The molecule has 0 N–H and O–H groups in total. The highest BCUT2D eigenvalue weighted by atomic mass is 35.5. The molecule has 0 aliphatic carbocycles. The molecule has 3 nitrogen and oxygen atoms in total. The zero-order valence-corrected chi connectivity index (χ0v) is 12.4. The van der Waals surface area contributed by atoms with Crippen LogP contribution in [-0.4, -0.2) is 18.1 Å². The summed E-state index contributed by atoms with van der Waals surface area (Å²) >= 11 is 6.27. The van der Waals surface area contributed by atoms with Crippen LogP contribution >= 0.6 is 11.6 Å². The van der Waals surface area contributed by atoms with E-state index in [0.29, 0.717) is 27.1 Å². The van der Waals surface area contributed by atoms with Gasteiger partial charge in [0.05, 0.1) is 23.2 Å². The van der Waals surface area contributed by atoms with Crippen LogP contribution in [0.1, 0.15) is 10.4 Å². The maximum atomic E-state index is 13.1. The molecule has 0 aliphatic heterocycles. The molecule has 1 aromatic heterocycles. The Morgan fingerprint density at radius 3 is 2.59 bits per heavy atom. The first-order chi connectivity index (χ1) is 10.6. The number of carbonyl (C=O) groups is 1. The van der Waals surface area contributed by atoms with Crippen molar-refractivity contribution in [1.82, 2.24) is 4.98 Å². The Bertz CT molecular complexity index is 862. The van der Waals surface area contributed by atoms with Crippen molar-refractivity contribution in [2.24, 2.45) is 0 Å². The van der Waals surface area contributed by atoms with Gasteiger partial charge in [0.15, 0.2) is 0 Å². The zero-order chi connectivity index (χ0) is 15.7. The van der Waals surface area contributed by atoms with Gasteiger partial charge in [0.2, 0.25) is 0 Å². The van der Waals surface area contributed by atoms with E-state index in [9.17, 15) is 9.18 Å². The smallest absolute Gasteiger partial charge is 0.337 e. The van der Waals surface area contributed by atoms with Crippen LogP contribution in [0.25, 0.3) is 22.0 Å². The molecule has 0 aliphatic rings. The molecule has 0 saturated heterocycles. The van der Waals surface area contributed by atoms with Crippen molar-refractivity contribution in [3.63, 3.8) is 0 Å². The molecule has 0 unspecified atom stereocenters. The van der Waals surface area contributed by atoms with E-state index in [2.05, 4.69) is 4.98 Å². The Morgan fingerprint density at radius 1 is 1.18 bits per heavy atom. The number of carbonyl (C=O) groups excluding carboxylic acids is 1. The molecule has 1 heterocycles. The molecule has 3 rings (SSSR count). The lowest BCUT2D eigenvalue weighted by Gasteiger charge is -2.10. The third-order valence-corrected chi connectivity index (χ3v) is 3.66. The summed E-state index contributed by atoms with van der Waals surface area (Å²) in [6.07, 6.45) is 1.54. The van der Waals surface area contributed by atoms with Gasteiger partial charge in [-0.25, -0.2) is 9.18 Å². The summed E-state index contributed by atoms with van der Waals surface area (Å²) in [5, 5.41) is 1.14. The van der Waals surface area contributed by atoms with Crippen molar-refractivity contribution >= 4 is 28.5 Å². The van der Waals surface area contributed by atoms with Crippen LogP contribution in [0.15, 0.2) is 48.7 Å². The van der Waals surface area contributed by atoms with E-state index in [4.69, 9.17) is 16.3 Å². The van der Waals surface area contributed by atoms with Crippen LogP contribution < -0.4 is 0 Å². The second-order valence-corrected chi connectivity index (χ2v) is 5.12. The maximum Gasteiger partial charge on any atom is 0.337 e. The standard InChI is InChI=1S/C17H11ClFNO2/c1-22-17(21)11-4-7-15-13(8-11)16(14(18)9-20-15)10-2-5-12(19)6-3-10/h2-9H,1H3. The first-order valence-electron chi connectivity index (χ1n) is 6.52. The van der Waals surface area contributed by atoms with Gasteiger partial charge in [0.1, 0.15) is 5.82 Å². The molecule has 5 heteroatoms. The minimum absolute atomic E-state index is 0.325. The molecule has 0 atom stereocenters. The highest BCUT2D eigenvalue weighted by molar-refractivity contribution is 6.34. The third-order valence-electron chi connectivity index (χ3n) is 3.38. The number of benzene rings is 2. The van der Waals surface area contributed by atoms with Crippen LogP contribution in [0.4, 0.5) is 4.39 Å². The lowest BCUT2D eigenvalue weighted by molar-refractivity contribution is 0.0601. The largest absolute Gasteiger partial charge is 0.465 e. The third kappa shape index (κ3) is 2.53. The van der Waals surface area contributed by atoms with Gasteiger partial charge < -0.3 is 4.74 Å². The zero-order valence-electron chi connectivity index (χ0n) is 11.6. The van der Waals surface area contributed by atoms with Crippen LogP contribution in [0.2, 0.25) is 5.02 Å². The van der Waals surface area contributed by atoms with Crippen molar-refractivity contribution in [3.05, 3.63) is 65.1 Å². The van der Waals surface area contributed by atoms with Gasteiger partial charge in [-0.2, -0.15) is 0 Å². The highest BCUT2D eigenvalue weighted by Gasteiger charge is 2.13. The fraction of sp³-hybridized carbons (Fsp3) is 0.0588. The number of pyridine rings is 1. The molecule has 0 saturated carbocycles. The number of rotatable bonds is 2. The van der Waals surface area contributed by atoms with E-state index in [1.54, 1.807) is 36.5 Å². The van der Waals surface area contributed by atoms with E-state index in [0.717, 1.165) is 5.56 Å². The minimum atomic E-state index is -0.438. The van der Waals surface area contributed by atoms with Gasteiger partial charge in [-0.15, -0.1) is 0 Å². The average molecular weight is 316 g/mol. The minimum Gasteiger partial charge on any atom is -0.465 e. The summed E-state index contributed by atoms with van der Waals surface area (Å²) in [4.78, 5) is 16.0. The number of hydrogen-bond acceptors (Lipinski definition) is 3. The number of nitrogens with zero attached hydrogens (tertiary/aromatic N) is 1. The second kappa shape index (κ2) is 5.73. The monoisotopic (exact) mass is 315 g/mol. The van der Waals surface area contributed by atoms with Gasteiger partial charge in [-0.1, -0.05) is 23.7 Å². The van der Waals surface area contributed by atoms with Crippen LogP contribution in [0.3, 0.4) is 0 Å². The predicted octanol–water partition coefficient (Wildman–Crippen LogP) is 4.48. The van der Waals surface area contributed by atoms with Crippen LogP contribution in [-0.2, 0) is 4.74 Å². The number of hydrogen-bond donors (Lipinski definition) is 0. The molecule has 0 radical (unpaired) electrons. The van der Waals surface area contributed by atoms with Crippen molar-refractivity contribution in [2.45, 2.75) is 0 Å². The van der Waals surface area contributed by atoms with Crippen molar-refractivity contribution < 1.29 is 13.9 Å². The van der Waals surface area contributed by atoms with Crippen molar-refractivity contribution in [3.8, 4) is 11.1 Å². The molecule has 0 spiro atoms. The molecule has 110 valence electrons. The lowest BCUT2D eigenvalue weighted by atomic mass is 9.99. The number of ether oxygens (including phenoxy) is 1. The Kier molecular flexibility index (Phi) is 3.77. The Balaban J connectivity index is 2.29. The van der Waals surface area contributed by atoms with E-state index < -0.39 is 5.97 Å². The van der Waals surface area contributed by atoms with E-state index in [-0.39, 0.29) is 5.82 Å². The Labute approximate surface area is 131 Å². The number of esters is 1. The van der Waals surface area contributed by atoms with Crippen LogP contribution in [0.5, 0.6) is 0 Å².